The molecule has 18 heavy (non-hydrogen) atoms. The lowest BCUT2D eigenvalue weighted by Gasteiger charge is -2.41. The van der Waals surface area contributed by atoms with Gasteiger partial charge >= 0.3 is 0 Å². The zero-order chi connectivity index (χ0) is 13.2. The Morgan fingerprint density at radius 2 is 2.17 bits per heavy atom. The number of hydrogen-bond donors (Lipinski definition) is 1. The molecule has 1 saturated heterocycles. The Morgan fingerprint density at radius 3 is 2.72 bits per heavy atom. The molecule has 2 atom stereocenters. The lowest BCUT2D eigenvalue weighted by molar-refractivity contribution is -0.0884. The quantitative estimate of drug-likeness (QED) is 0.889. The molecule has 0 saturated carbocycles. The number of benzene rings is 1. The van der Waals surface area contributed by atoms with Crippen LogP contribution in [0.2, 0.25) is 0 Å². The van der Waals surface area contributed by atoms with Gasteiger partial charge in [0, 0.05) is 6.61 Å². The summed E-state index contributed by atoms with van der Waals surface area (Å²) in [6.07, 6.45) is 3.36. The summed E-state index contributed by atoms with van der Waals surface area (Å²) in [5.74, 6) is -0.150. The minimum absolute atomic E-state index is 0.108. The second-order valence-corrected chi connectivity index (χ2v) is 5.35. The van der Waals surface area contributed by atoms with Gasteiger partial charge in [-0.25, -0.2) is 4.39 Å². The lowest BCUT2D eigenvalue weighted by atomic mass is 9.84. The number of aryl methyl sites for hydroxylation is 1. The Balaban J connectivity index is 2.29. The highest BCUT2D eigenvalue weighted by molar-refractivity contribution is 5.28. The van der Waals surface area contributed by atoms with E-state index in [1.807, 2.05) is 19.2 Å². The number of rotatable bonds is 3. The standard InChI is InChI=1S/C15H22FNO/c1-11-10-12(6-7-13(11)16)14(17-3)15(2)8-4-5-9-18-15/h6-7,10,14,17H,4-5,8-9H2,1-3H3. The third-order valence-corrected chi connectivity index (χ3v) is 3.91. The van der Waals surface area contributed by atoms with E-state index in [9.17, 15) is 4.39 Å². The van der Waals surface area contributed by atoms with Gasteiger partial charge in [0.05, 0.1) is 11.6 Å². The first-order valence-electron chi connectivity index (χ1n) is 6.64. The topological polar surface area (TPSA) is 21.3 Å². The van der Waals surface area contributed by atoms with E-state index in [0.717, 1.165) is 25.0 Å². The highest BCUT2D eigenvalue weighted by atomic mass is 19.1. The molecule has 1 aromatic rings. The highest BCUT2D eigenvalue weighted by Crippen LogP contribution is 2.36. The molecular formula is C15H22FNO. The van der Waals surface area contributed by atoms with Crippen molar-refractivity contribution in [1.29, 1.82) is 0 Å². The molecule has 1 aliphatic rings. The third kappa shape index (κ3) is 2.57. The monoisotopic (exact) mass is 251 g/mol. The van der Waals surface area contributed by atoms with Crippen molar-refractivity contribution in [3.05, 3.63) is 35.1 Å². The molecule has 0 bridgehead atoms. The highest BCUT2D eigenvalue weighted by Gasteiger charge is 2.37. The number of halogens is 1. The Kier molecular flexibility index (Phi) is 4.03. The zero-order valence-corrected chi connectivity index (χ0v) is 11.4. The average molecular weight is 251 g/mol. The number of hydrogen-bond acceptors (Lipinski definition) is 2. The first kappa shape index (κ1) is 13.5. The van der Waals surface area contributed by atoms with Gasteiger partial charge in [-0.05, 0) is 57.4 Å². The summed E-state index contributed by atoms with van der Waals surface area (Å²) in [7, 11) is 1.94. The summed E-state index contributed by atoms with van der Waals surface area (Å²) in [6, 6.07) is 5.42. The van der Waals surface area contributed by atoms with Crippen molar-refractivity contribution in [3.63, 3.8) is 0 Å². The zero-order valence-electron chi connectivity index (χ0n) is 11.4. The molecule has 0 spiro atoms. The molecule has 1 N–H and O–H groups in total. The van der Waals surface area contributed by atoms with Crippen LogP contribution in [0.15, 0.2) is 18.2 Å². The van der Waals surface area contributed by atoms with Gasteiger partial charge in [-0.2, -0.15) is 0 Å². The van der Waals surface area contributed by atoms with E-state index in [2.05, 4.69) is 12.2 Å². The van der Waals surface area contributed by atoms with Crippen LogP contribution >= 0.6 is 0 Å². The second kappa shape index (κ2) is 5.37. The summed E-state index contributed by atoms with van der Waals surface area (Å²) >= 11 is 0. The van der Waals surface area contributed by atoms with Crippen LogP contribution in [0.3, 0.4) is 0 Å². The number of likely N-dealkylation sites (N-methyl/N-ethyl adjacent to an activating group) is 1. The van der Waals surface area contributed by atoms with Crippen molar-refractivity contribution < 1.29 is 9.13 Å². The van der Waals surface area contributed by atoms with Crippen molar-refractivity contribution in [2.24, 2.45) is 0 Å². The van der Waals surface area contributed by atoms with Crippen LogP contribution in [-0.2, 0) is 4.74 Å². The molecule has 0 radical (unpaired) electrons. The van der Waals surface area contributed by atoms with Gasteiger partial charge in [-0.3, -0.25) is 0 Å². The summed E-state index contributed by atoms with van der Waals surface area (Å²) < 4.78 is 19.3. The fraction of sp³-hybridized carbons (Fsp3) is 0.600. The fourth-order valence-corrected chi connectivity index (χ4v) is 2.86. The van der Waals surface area contributed by atoms with E-state index in [1.165, 1.54) is 6.42 Å². The van der Waals surface area contributed by atoms with Crippen molar-refractivity contribution in [2.45, 2.75) is 44.8 Å². The fourth-order valence-electron chi connectivity index (χ4n) is 2.86. The van der Waals surface area contributed by atoms with E-state index < -0.39 is 0 Å². The van der Waals surface area contributed by atoms with Gasteiger partial charge in [-0.1, -0.05) is 12.1 Å². The molecule has 1 aromatic carbocycles. The second-order valence-electron chi connectivity index (χ2n) is 5.35. The Hall–Kier alpha value is -0.930. The maximum atomic E-state index is 13.4. The summed E-state index contributed by atoms with van der Waals surface area (Å²) in [6.45, 7) is 4.76. The van der Waals surface area contributed by atoms with Crippen LogP contribution in [-0.4, -0.2) is 19.3 Å². The molecule has 1 fully saturated rings. The molecule has 100 valence electrons. The third-order valence-electron chi connectivity index (χ3n) is 3.91. The van der Waals surface area contributed by atoms with Gasteiger partial charge < -0.3 is 10.1 Å². The van der Waals surface area contributed by atoms with Crippen molar-refractivity contribution in [2.75, 3.05) is 13.7 Å². The minimum atomic E-state index is -0.197. The molecule has 0 amide bonds. The number of ether oxygens (including phenoxy) is 1. The van der Waals surface area contributed by atoms with Gasteiger partial charge in [0.25, 0.3) is 0 Å². The first-order chi connectivity index (χ1) is 8.57. The van der Waals surface area contributed by atoms with Gasteiger partial charge in [0.2, 0.25) is 0 Å². The van der Waals surface area contributed by atoms with E-state index >= 15 is 0 Å². The van der Waals surface area contributed by atoms with Crippen LogP contribution in [0.25, 0.3) is 0 Å². The first-order valence-corrected chi connectivity index (χ1v) is 6.64. The average Bonchev–Trinajstić information content (AvgIpc) is 2.35. The normalized spacial score (nSPS) is 26.0. The Bertz CT molecular complexity index is 413. The molecule has 0 aliphatic carbocycles. The van der Waals surface area contributed by atoms with Gasteiger partial charge in [0.15, 0.2) is 0 Å². The van der Waals surface area contributed by atoms with Crippen LogP contribution in [0, 0.1) is 12.7 Å². The summed E-state index contributed by atoms with van der Waals surface area (Å²) in [4.78, 5) is 0. The van der Waals surface area contributed by atoms with Gasteiger partial charge in [0.1, 0.15) is 5.82 Å². The molecule has 1 aliphatic heterocycles. The molecule has 1 heterocycles. The molecule has 3 heteroatoms. The van der Waals surface area contributed by atoms with E-state index in [-0.39, 0.29) is 17.5 Å². The van der Waals surface area contributed by atoms with Crippen molar-refractivity contribution in [3.8, 4) is 0 Å². The Morgan fingerprint density at radius 1 is 1.39 bits per heavy atom. The predicted molar refractivity (Wildman–Crippen MR) is 71.1 cm³/mol. The lowest BCUT2D eigenvalue weighted by Crippen LogP contribution is -2.44. The van der Waals surface area contributed by atoms with E-state index in [4.69, 9.17) is 4.74 Å². The Labute approximate surface area is 109 Å². The van der Waals surface area contributed by atoms with Crippen LogP contribution < -0.4 is 5.32 Å². The smallest absolute Gasteiger partial charge is 0.126 e. The number of nitrogens with one attached hydrogen (secondary N) is 1. The maximum absolute atomic E-state index is 13.4. The largest absolute Gasteiger partial charge is 0.373 e. The predicted octanol–water partition coefficient (Wildman–Crippen LogP) is 3.35. The maximum Gasteiger partial charge on any atom is 0.126 e. The molecule has 2 rings (SSSR count). The summed E-state index contributed by atoms with van der Waals surface area (Å²) in [5, 5.41) is 3.33. The van der Waals surface area contributed by atoms with Gasteiger partial charge in [-0.15, -0.1) is 0 Å². The summed E-state index contributed by atoms with van der Waals surface area (Å²) in [5.41, 5.74) is 1.59. The van der Waals surface area contributed by atoms with Crippen LogP contribution in [0.5, 0.6) is 0 Å². The van der Waals surface area contributed by atoms with Crippen LogP contribution in [0.4, 0.5) is 4.39 Å². The molecular weight excluding hydrogens is 229 g/mol. The molecule has 2 nitrogen and oxygen atoms in total. The van der Waals surface area contributed by atoms with Crippen LogP contribution in [0.1, 0.15) is 43.4 Å². The van der Waals surface area contributed by atoms with E-state index in [0.29, 0.717) is 5.56 Å². The SMILES string of the molecule is CNC(c1ccc(F)c(C)c1)C1(C)CCCCO1. The van der Waals surface area contributed by atoms with Crippen molar-refractivity contribution >= 4 is 0 Å². The van der Waals surface area contributed by atoms with Crippen molar-refractivity contribution in [1.82, 2.24) is 5.32 Å². The minimum Gasteiger partial charge on any atom is -0.373 e. The van der Waals surface area contributed by atoms with E-state index in [1.54, 1.807) is 13.0 Å². The molecule has 2 unspecified atom stereocenters. The molecule has 0 aromatic heterocycles.